The van der Waals surface area contributed by atoms with Crippen molar-refractivity contribution in [1.82, 2.24) is 0 Å². The van der Waals surface area contributed by atoms with E-state index in [1.807, 2.05) is 6.92 Å². The Hall–Kier alpha value is -0.460. The molecule has 0 heterocycles. The van der Waals surface area contributed by atoms with Crippen LogP contribution in [0.3, 0.4) is 0 Å². The number of carbonyl (C=O) groups excluding carboxylic acids is 1. The minimum absolute atomic E-state index is 0.852. The van der Waals surface area contributed by atoms with E-state index in [1.54, 1.807) is 6.08 Å². The molecule has 0 aliphatic carbocycles. The van der Waals surface area contributed by atoms with Gasteiger partial charge in [-0.2, -0.15) is 0 Å². The van der Waals surface area contributed by atoms with E-state index in [0.717, 1.165) is 24.7 Å². The Balaban J connectivity index is 3.63. The molecule has 0 fully saturated rings. The molecule has 0 aromatic heterocycles. The average Bonchev–Trinajstić information content (AvgIpc) is 1.87. The molecular weight excluding hydrogens is 367 g/mol. The van der Waals surface area contributed by atoms with Gasteiger partial charge in [-0.3, -0.25) is 0 Å². The summed E-state index contributed by atoms with van der Waals surface area (Å²) in [4.78, 5) is 11.5. The van der Waals surface area contributed by atoms with Crippen LogP contribution in [0.5, 0.6) is 0 Å². The fourth-order valence-electron chi connectivity index (χ4n) is 0.698. The van der Waals surface area contributed by atoms with E-state index in [-0.39, 0.29) is 0 Å². The molecule has 0 aliphatic rings. The summed E-state index contributed by atoms with van der Waals surface area (Å²) in [7, 11) is 0. The summed E-state index contributed by atoms with van der Waals surface area (Å²) >= 11 is 1.37. The van der Waals surface area contributed by atoms with Crippen LogP contribution in [0.15, 0.2) is 22.5 Å². The topological polar surface area (TPSA) is 17.1 Å². The Morgan fingerprint density at radius 2 is 2.09 bits per heavy atom. The maximum absolute atomic E-state index is 10.0. The van der Waals surface area contributed by atoms with Gasteiger partial charge in [0.2, 0.25) is 0 Å². The van der Waals surface area contributed by atoms with E-state index in [4.69, 9.17) is 0 Å². The predicted molar refractivity (Wildman–Crippen MR) is 42.8 cm³/mol. The van der Waals surface area contributed by atoms with Crippen LogP contribution in [0, 0.1) is 13.4 Å². The third-order valence-electron chi connectivity index (χ3n) is 1.32. The van der Waals surface area contributed by atoms with Crippen LogP contribution in [0.1, 0.15) is 26.7 Å². The summed E-state index contributed by atoms with van der Waals surface area (Å²) in [6.45, 7) is 4.12. The summed E-state index contributed by atoms with van der Waals surface area (Å²) in [5.41, 5.74) is 1.16. The molecule has 0 saturated heterocycles. The van der Waals surface area contributed by atoms with E-state index >= 15 is 0 Å². The first-order valence-corrected chi connectivity index (χ1v) is 5.17. The van der Waals surface area contributed by atoms with E-state index in [1.165, 1.54) is 18.2 Å². The maximum atomic E-state index is 10.0. The average molecular weight is 380 g/mol. The molecule has 0 spiro atoms. The fraction of sp³-hybridized carbons (Fsp3) is 0.444. The van der Waals surface area contributed by atoms with Crippen LogP contribution >= 0.6 is 0 Å². The number of carbonyl (C=O) groups is 1. The van der Waals surface area contributed by atoms with Gasteiger partial charge in [-0.15, -0.1) is 0 Å². The van der Waals surface area contributed by atoms with E-state index in [2.05, 4.69) is 13.0 Å². The number of aldehydes is 1. The van der Waals surface area contributed by atoms with Crippen molar-refractivity contribution in [3.05, 3.63) is 22.5 Å². The van der Waals surface area contributed by atoms with Crippen molar-refractivity contribution in [2.45, 2.75) is 26.7 Å². The van der Waals surface area contributed by atoms with Gasteiger partial charge in [-0.1, -0.05) is 0 Å². The normalized spacial score (nSPS) is 13.5. The van der Waals surface area contributed by atoms with Crippen LogP contribution in [-0.2, 0) is 4.79 Å². The zero-order chi connectivity index (χ0) is 8.69. The Morgan fingerprint density at radius 3 is 2.55 bits per heavy atom. The van der Waals surface area contributed by atoms with Gasteiger partial charge in [0.1, 0.15) is 0 Å². The molecule has 0 unspecified atom stereocenters. The molecule has 2 heteroatoms. The Morgan fingerprint density at radius 1 is 1.45 bits per heavy atom. The second-order valence-corrected chi connectivity index (χ2v) is 4.96. The quantitative estimate of drug-likeness (QED) is 0.541. The first-order valence-electron chi connectivity index (χ1n) is 3.60. The van der Waals surface area contributed by atoms with E-state index < -0.39 is 0 Å². The van der Waals surface area contributed by atoms with Crippen molar-refractivity contribution in [1.29, 1.82) is 0 Å². The molecular formula is C9H13AmO. The predicted octanol–water partition coefficient (Wildman–Crippen LogP) is 2.36. The summed E-state index contributed by atoms with van der Waals surface area (Å²) in [5, 5.41) is 0. The Kier molecular flexibility index (Phi) is 6.00. The van der Waals surface area contributed by atoms with E-state index in [9.17, 15) is 4.79 Å². The van der Waals surface area contributed by atoms with Gasteiger partial charge in [0.05, 0.1) is 0 Å². The molecule has 0 N–H and O–H groups in total. The Labute approximate surface area is 74.2 Å². The second kappa shape index (κ2) is 6.26. The van der Waals surface area contributed by atoms with Crippen molar-refractivity contribution < 1.29 is 18.2 Å². The molecule has 0 amide bonds. The zero-order valence-electron chi connectivity index (χ0n) is 6.93. The first-order chi connectivity index (χ1) is 5.16. The molecule has 0 bridgehead atoms. The van der Waals surface area contributed by atoms with Gasteiger partial charge in [0, 0.05) is 0 Å². The number of hydrogen-bond donors (Lipinski definition) is 0. The third-order valence-corrected chi connectivity index (χ3v) is 1.96. The molecule has 0 radical (unpaired) electrons. The van der Waals surface area contributed by atoms with Crippen LogP contribution in [-0.4, -0.2) is 6.29 Å². The summed E-state index contributed by atoms with van der Waals surface area (Å²) in [6, 6.07) is 0. The summed E-state index contributed by atoms with van der Waals surface area (Å²) < 4.78 is 0. The monoisotopic (exact) mass is 378 g/mol. The molecule has 0 aliphatic heterocycles. The number of allylic oxidation sites excluding steroid dienone is 4. The van der Waals surface area contributed by atoms with Crippen molar-refractivity contribution in [3.8, 4) is 0 Å². The summed E-state index contributed by atoms with van der Waals surface area (Å²) in [6.07, 6.45) is 6.79. The minimum atomic E-state index is 0.852. The number of rotatable bonds is 4. The van der Waals surface area contributed by atoms with Crippen LogP contribution < -0.4 is 0 Å². The molecule has 0 atom stereocenters. The van der Waals surface area contributed by atoms with Gasteiger partial charge < -0.3 is 0 Å². The van der Waals surface area contributed by atoms with Crippen LogP contribution in [0.2, 0.25) is 0 Å². The van der Waals surface area contributed by atoms with Gasteiger partial charge in [-0.05, 0) is 0 Å². The van der Waals surface area contributed by atoms with Gasteiger partial charge in [0.25, 0.3) is 0 Å². The van der Waals surface area contributed by atoms with Crippen molar-refractivity contribution in [2.24, 2.45) is 0 Å². The third kappa shape index (κ3) is 7.44. The van der Waals surface area contributed by atoms with Crippen molar-refractivity contribution in [2.75, 3.05) is 0 Å². The molecule has 0 aromatic rings. The molecule has 0 rings (SSSR count). The van der Waals surface area contributed by atoms with Gasteiger partial charge >= 0.3 is 73.7 Å². The van der Waals surface area contributed by atoms with Crippen LogP contribution in [0.25, 0.3) is 0 Å². The molecule has 0 saturated carbocycles. The van der Waals surface area contributed by atoms with Crippen LogP contribution in [0.4, 0.5) is 0 Å². The Bertz CT molecular complexity index is 176. The van der Waals surface area contributed by atoms with Gasteiger partial charge in [0.15, 0.2) is 0 Å². The van der Waals surface area contributed by atoms with Crippen molar-refractivity contribution >= 4 is 6.29 Å². The summed E-state index contributed by atoms with van der Waals surface area (Å²) in [5.74, 6) is 0. The SMILES string of the molecule is C[C]([Am])=CCC/C(C)=C\C=O. The van der Waals surface area contributed by atoms with Gasteiger partial charge in [-0.25, -0.2) is 0 Å². The zero-order valence-corrected chi connectivity index (χ0v) is 10.1. The first kappa shape index (κ1) is 10.5. The van der Waals surface area contributed by atoms with Crippen molar-refractivity contribution in [3.63, 3.8) is 0 Å². The second-order valence-electron chi connectivity index (χ2n) is 2.48. The molecule has 1 nitrogen and oxygen atoms in total. The number of hydrogen-bond acceptors (Lipinski definition) is 1. The fourth-order valence-corrected chi connectivity index (χ4v) is 1.15. The molecule has 0 aromatic carbocycles. The molecule has 62 valence electrons. The van der Waals surface area contributed by atoms with E-state index in [0.29, 0.717) is 0 Å². The molecule has 11 heavy (non-hydrogen) atoms. The standard InChI is InChI=1S/C9H13O.Am/c1-3-4-5-6-9(2)7-8-10;/h4,7-8H,5-6H2,1-2H3;/b4-3?,9-7-;.